The molecule has 1 atom stereocenters. The van der Waals surface area contributed by atoms with Gasteiger partial charge in [-0.15, -0.1) is 0 Å². The zero-order valence-electron chi connectivity index (χ0n) is 11.9. The van der Waals surface area contributed by atoms with Crippen LogP contribution in [0, 0.1) is 18.7 Å². The maximum atomic E-state index is 13.2. The van der Waals surface area contributed by atoms with Crippen molar-refractivity contribution in [3.63, 3.8) is 0 Å². The van der Waals surface area contributed by atoms with E-state index >= 15 is 0 Å². The van der Waals surface area contributed by atoms with E-state index < -0.39 is 11.9 Å². The summed E-state index contributed by atoms with van der Waals surface area (Å²) in [5.41, 5.74) is 1.35. The van der Waals surface area contributed by atoms with Gasteiger partial charge in [-0.1, -0.05) is 12.1 Å². The van der Waals surface area contributed by atoms with Crippen molar-refractivity contribution in [3.8, 4) is 0 Å². The molecule has 1 aromatic rings. The van der Waals surface area contributed by atoms with Crippen molar-refractivity contribution in [1.82, 2.24) is 10.2 Å². The fourth-order valence-electron chi connectivity index (χ4n) is 2.47. The first-order valence-corrected chi connectivity index (χ1v) is 6.98. The molecule has 2 N–H and O–H groups in total. The number of likely N-dealkylation sites (tertiary alicyclic amines) is 1. The van der Waals surface area contributed by atoms with Gasteiger partial charge < -0.3 is 15.3 Å². The summed E-state index contributed by atoms with van der Waals surface area (Å²) in [6, 6.07) is 4.41. The van der Waals surface area contributed by atoms with Gasteiger partial charge in [-0.2, -0.15) is 0 Å². The summed E-state index contributed by atoms with van der Waals surface area (Å²) >= 11 is 0. The highest BCUT2D eigenvalue weighted by molar-refractivity contribution is 5.76. The number of carbonyl (C=O) groups is 2. The molecule has 1 saturated heterocycles. The molecule has 1 aliphatic rings. The molecule has 2 amide bonds. The SMILES string of the molecule is Cc1cc(CNC(=O)N2CCCC(C(=O)O)C2)ccc1F. The highest BCUT2D eigenvalue weighted by atomic mass is 19.1. The lowest BCUT2D eigenvalue weighted by atomic mass is 9.99. The van der Waals surface area contributed by atoms with Crippen LogP contribution in [0.3, 0.4) is 0 Å². The molecule has 2 rings (SSSR count). The number of halogens is 1. The minimum absolute atomic E-state index is 0.240. The predicted octanol–water partition coefficient (Wildman–Crippen LogP) is 2.14. The fourth-order valence-corrected chi connectivity index (χ4v) is 2.47. The van der Waals surface area contributed by atoms with Crippen molar-refractivity contribution >= 4 is 12.0 Å². The van der Waals surface area contributed by atoms with E-state index in [-0.39, 0.29) is 18.4 Å². The third kappa shape index (κ3) is 3.93. The molecular formula is C15H19FN2O3. The first-order valence-electron chi connectivity index (χ1n) is 6.98. The Hall–Kier alpha value is -2.11. The van der Waals surface area contributed by atoms with Crippen molar-refractivity contribution in [2.45, 2.75) is 26.3 Å². The molecule has 1 fully saturated rings. The molecule has 5 nitrogen and oxygen atoms in total. The molecule has 21 heavy (non-hydrogen) atoms. The molecule has 0 aliphatic carbocycles. The quantitative estimate of drug-likeness (QED) is 0.897. The number of hydrogen-bond acceptors (Lipinski definition) is 2. The van der Waals surface area contributed by atoms with Crippen LogP contribution >= 0.6 is 0 Å². The van der Waals surface area contributed by atoms with Gasteiger partial charge in [-0.05, 0) is 37.0 Å². The Morgan fingerprint density at radius 3 is 2.90 bits per heavy atom. The number of amides is 2. The molecule has 6 heteroatoms. The predicted molar refractivity (Wildman–Crippen MR) is 75.3 cm³/mol. The Bertz CT molecular complexity index is 548. The second-order valence-corrected chi connectivity index (χ2v) is 5.37. The average molecular weight is 294 g/mol. The van der Waals surface area contributed by atoms with E-state index in [0.717, 1.165) is 5.56 Å². The van der Waals surface area contributed by atoms with Gasteiger partial charge in [0.25, 0.3) is 0 Å². The largest absolute Gasteiger partial charge is 0.481 e. The summed E-state index contributed by atoms with van der Waals surface area (Å²) < 4.78 is 13.2. The van der Waals surface area contributed by atoms with Crippen LogP contribution in [0.5, 0.6) is 0 Å². The number of rotatable bonds is 3. The Labute approximate surface area is 122 Å². The van der Waals surface area contributed by atoms with Gasteiger partial charge >= 0.3 is 12.0 Å². The van der Waals surface area contributed by atoms with Crippen molar-refractivity contribution < 1.29 is 19.1 Å². The highest BCUT2D eigenvalue weighted by Crippen LogP contribution is 2.16. The number of piperidine rings is 1. The Kier molecular flexibility index (Phi) is 4.77. The summed E-state index contributed by atoms with van der Waals surface area (Å²) in [6.45, 7) is 2.78. The first-order chi connectivity index (χ1) is 9.97. The zero-order valence-corrected chi connectivity index (χ0v) is 11.9. The Morgan fingerprint density at radius 2 is 2.24 bits per heavy atom. The number of benzene rings is 1. The van der Waals surface area contributed by atoms with Crippen LogP contribution in [0.2, 0.25) is 0 Å². The first kappa shape index (κ1) is 15.3. The molecule has 0 saturated carbocycles. The average Bonchev–Trinajstić information content (AvgIpc) is 2.48. The van der Waals surface area contributed by atoms with E-state index in [4.69, 9.17) is 5.11 Å². The van der Waals surface area contributed by atoms with E-state index in [1.54, 1.807) is 19.1 Å². The summed E-state index contributed by atoms with van der Waals surface area (Å²) in [4.78, 5) is 24.5. The fraction of sp³-hybridized carbons (Fsp3) is 0.467. The number of nitrogens with one attached hydrogen (secondary N) is 1. The molecule has 1 aromatic carbocycles. The number of nitrogens with zero attached hydrogens (tertiary/aromatic N) is 1. The number of urea groups is 1. The number of carbonyl (C=O) groups excluding carboxylic acids is 1. The van der Waals surface area contributed by atoms with E-state index in [0.29, 0.717) is 31.5 Å². The summed E-state index contributed by atoms with van der Waals surface area (Å²) in [6.07, 6.45) is 1.30. The van der Waals surface area contributed by atoms with E-state index in [9.17, 15) is 14.0 Å². The van der Waals surface area contributed by atoms with E-state index in [1.807, 2.05) is 0 Å². The van der Waals surface area contributed by atoms with Crippen LogP contribution in [-0.2, 0) is 11.3 Å². The highest BCUT2D eigenvalue weighted by Gasteiger charge is 2.27. The third-order valence-corrected chi connectivity index (χ3v) is 3.72. The monoisotopic (exact) mass is 294 g/mol. The van der Waals surface area contributed by atoms with E-state index in [2.05, 4.69) is 5.32 Å². The van der Waals surface area contributed by atoms with Crippen LogP contribution in [0.25, 0.3) is 0 Å². The molecule has 0 bridgehead atoms. The van der Waals surface area contributed by atoms with Crippen molar-refractivity contribution in [2.24, 2.45) is 5.92 Å². The minimum atomic E-state index is -0.860. The van der Waals surface area contributed by atoms with Crippen LogP contribution in [-0.4, -0.2) is 35.1 Å². The number of aliphatic carboxylic acids is 1. The second kappa shape index (κ2) is 6.56. The lowest BCUT2D eigenvalue weighted by Gasteiger charge is -2.30. The number of carboxylic acid groups (broad SMARTS) is 1. The van der Waals surface area contributed by atoms with Gasteiger partial charge in [0.05, 0.1) is 5.92 Å². The molecular weight excluding hydrogens is 275 g/mol. The number of hydrogen-bond donors (Lipinski definition) is 2. The smallest absolute Gasteiger partial charge is 0.317 e. The lowest BCUT2D eigenvalue weighted by Crippen LogP contribution is -2.46. The van der Waals surface area contributed by atoms with Crippen LogP contribution in [0.15, 0.2) is 18.2 Å². The molecule has 0 radical (unpaired) electrons. The Balaban J connectivity index is 1.89. The maximum absolute atomic E-state index is 13.2. The van der Waals surface area contributed by atoms with Crippen molar-refractivity contribution in [3.05, 3.63) is 35.1 Å². The van der Waals surface area contributed by atoms with Gasteiger partial charge in [0.2, 0.25) is 0 Å². The maximum Gasteiger partial charge on any atom is 0.317 e. The topological polar surface area (TPSA) is 69.6 Å². The summed E-state index contributed by atoms with van der Waals surface area (Å²) in [7, 11) is 0. The molecule has 1 unspecified atom stereocenters. The number of aryl methyl sites for hydroxylation is 1. The molecule has 0 aromatic heterocycles. The van der Waals surface area contributed by atoms with Crippen molar-refractivity contribution in [1.29, 1.82) is 0 Å². The minimum Gasteiger partial charge on any atom is -0.481 e. The standard InChI is InChI=1S/C15H19FN2O3/c1-10-7-11(4-5-13(10)16)8-17-15(21)18-6-2-3-12(9-18)14(19)20/h4-5,7,12H,2-3,6,8-9H2,1H3,(H,17,21)(H,19,20). The van der Waals surface area contributed by atoms with Crippen LogP contribution < -0.4 is 5.32 Å². The molecule has 0 spiro atoms. The molecule has 1 aliphatic heterocycles. The molecule has 1 heterocycles. The van der Waals surface area contributed by atoms with E-state index in [1.165, 1.54) is 11.0 Å². The van der Waals surface area contributed by atoms with Gasteiger partial charge in [-0.3, -0.25) is 4.79 Å². The van der Waals surface area contributed by atoms with Gasteiger partial charge in [0.15, 0.2) is 0 Å². The third-order valence-electron chi connectivity index (χ3n) is 3.72. The lowest BCUT2D eigenvalue weighted by molar-refractivity contribution is -0.143. The normalized spacial score (nSPS) is 18.4. The summed E-state index contributed by atoms with van der Waals surface area (Å²) in [5, 5.41) is 11.8. The van der Waals surface area contributed by atoms with Crippen molar-refractivity contribution in [2.75, 3.05) is 13.1 Å². The zero-order chi connectivity index (χ0) is 15.4. The number of carboxylic acids is 1. The van der Waals surface area contributed by atoms with Crippen LogP contribution in [0.4, 0.5) is 9.18 Å². The van der Waals surface area contributed by atoms with Gasteiger partial charge in [-0.25, -0.2) is 9.18 Å². The summed E-state index contributed by atoms with van der Waals surface area (Å²) in [5.74, 6) is -1.62. The van der Waals surface area contributed by atoms with Crippen LogP contribution in [0.1, 0.15) is 24.0 Å². The van der Waals surface area contributed by atoms with Gasteiger partial charge in [0, 0.05) is 19.6 Å². The molecule has 114 valence electrons. The second-order valence-electron chi connectivity index (χ2n) is 5.37. The van der Waals surface area contributed by atoms with Gasteiger partial charge in [0.1, 0.15) is 5.82 Å². The Morgan fingerprint density at radius 1 is 1.48 bits per heavy atom.